The van der Waals surface area contributed by atoms with Crippen LogP contribution in [0.3, 0.4) is 0 Å². The maximum Gasteiger partial charge on any atom is 0.222 e. The summed E-state index contributed by atoms with van der Waals surface area (Å²) < 4.78 is 6.87. The molecule has 12 unspecified atom stereocenters. The molecule has 0 bridgehead atoms. The van der Waals surface area contributed by atoms with E-state index in [2.05, 4.69) is 34.6 Å². The summed E-state index contributed by atoms with van der Waals surface area (Å²) in [6.45, 7) is 13.6. The minimum Gasteiger partial charge on any atom is -0.393 e. The van der Waals surface area contributed by atoms with Gasteiger partial charge in [-0.15, -0.1) is 0 Å². The fraction of sp³-hybridized carbons (Fsp3) is 0.969. The van der Waals surface area contributed by atoms with E-state index < -0.39 is 6.10 Å². The van der Waals surface area contributed by atoms with Crippen LogP contribution in [0.5, 0.6) is 0 Å². The summed E-state index contributed by atoms with van der Waals surface area (Å²) in [5.41, 5.74) is 0.657. The molecule has 7 aliphatic rings. The number of hydrogen-bond donors (Lipinski definition) is 2. The van der Waals surface area contributed by atoms with Crippen LogP contribution in [0.1, 0.15) is 105 Å². The molecular weight excluding hydrogens is 462 g/mol. The van der Waals surface area contributed by atoms with Crippen LogP contribution < -0.4 is 0 Å². The van der Waals surface area contributed by atoms with Crippen LogP contribution in [-0.2, 0) is 9.53 Å². The molecule has 2 spiro atoms. The highest BCUT2D eigenvalue weighted by Crippen LogP contribution is 2.89. The summed E-state index contributed by atoms with van der Waals surface area (Å²) in [4.78, 5) is 14.6. The van der Waals surface area contributed by atoms with Gasteiger partial charge in [0.2, 0.25) is 5.91 Å². The molecule has 2 heterocycles. The third-order valence-electron chi connectivity index (χ3n) is 14.7. The summed E-state index contributed by atoms with van der Waals surface area (Å²) in [6.07, 6.45) is 11.4. The van der Waals surface area contributed by atoms with Crippen molar-refractivity contribution in [3.63, 3.8) is 0 Å². The number of piperidine rings is 1. The number of hydrogen-bond acceptors (Lipinski definition) is 4. The lowest BCUT2D eigenvalue weighted by molar-refractivity contribution is -0.182. The maximum atomic E-state index is 12.5. The largest absolute Gasteiger partial charge is 0.393 e. The summed E-state index contributed by atoms with van der Waals surface area (Å²) in [5.74, 6) is 2.31. The fourth-order valence-electron chi connectivity index (χ4n) is 12.8. The quantitative estimate of drug-likeness (QED) is 0.534. The van der Waals surface area contributed by atoms with Crippen molar-refractivity contribution >= 4 is 5.91 Å². The maximum absolute atomic E-state index is 12.5. The first-order chi connectivity index (χ1) is 17.4. The van der Waals surface area contributed by atoms with Crippen molar-refractivity contribution < 1.29 is 19.7 Å². The molecule has 5 saturated carbocycles. The molecule has 0 aromatic heterocycles. The molecule has 2 N–H and O–H groups in total. The van der Waals surface area contributed by atoms with E-state index in [-0.39, 0.29) is 40.5 Å². The van der Waals surface area contributed by atoms with E-state index in [0.717, 1.165) is 32.2 Å². The van der Waals surface area contributed by atoms with Crippen LogP contribution in [0.25, 0.3) is 0 Å². The molecule has 208 valence electrons. The SMILES string of the molecule is CC1CC(CN2CCCCC2=O)OC2C1C1(C)CCC34CC35CCC(O)C(C)(C)C5CCC4C1(C)C2O. The number of carbonyl (C=O) groups is 1. The molecule has 5 nitrogen and oxygen atoms in total. The predicted molar refractivity (Wildman–Crippen MR) is 143 cm³/mol. The smallest absolute Gasteiger partial charge is 0.222 e. The van der Waals surface area contributed by atoms with Gasteiger partial charge in [0.1, 0.15) is 0 Å². The molecule has 5 heteroatoms. The van der Waals surface area contributed by atoms with E-state index in [1.165, 1.54) is 38.5 Å². The molecule has 0 radical (unpaired) electrons. The Morgan fingerprint density at radius 2 is 1.70 bits per heavy atom. The normalized spacial score (nSPS) is 58.0. The molecule has 1 amide bonds. The van der Waals surface area contributed by atoms with Gasteiger partial charge in [-0.2, -0.15) is 0 Å². The molecule has 0 aromatic carbocycles. The molecule has 5 aliphatic carbocycles. The van der Waals surface area contributed by atoms with Crippen molar-refractivity contribution in [1.82, 2.24) is 4.90 Å². The highest BCUT2D eigenvalue weighted by atomic mass is 16.5. The lowest BCUT2D eigenvalue weighted by Gasteiger charge is -2.63. The Morgan fingerprint density at radius 3 is 2.46 bits per heavy atom. The second-order valence-electron chi connectivity index (χ2n) is 16.0. The van der Waals surface area contributed by atoms with Crippen LogP contribution in [0.2, 0.25) is 0 Å². The van der Waals surface area contributed by atoms with E-state index in [0.29, 0.717) is 47.5 Å². The van der Waals surface area contributed by atoms with Gasteiger partial charge in [-0.3, -0.25) is 4.79 Å². The van der Waals surface area contributed by atoms with Gasteiger partial charge in [0.25, 0.3) is 0 Å². The average molecular weight is 514 g/mol. The van der Waals surface area contributed by atoms with Gasteiger partial charge >= 0.3 is 0 Å². The Bertz CT molecular complexity index is 982. The zero-order valence-electron chi connectivity index (χ0n) is 24.0. The van der Waals surface area contributed by atoms with Gasteiger partial charge in [-0.1, -0.05) is 34.6 Å². The van der Waals surface area contributed by atoms with Crippen LogP contribution in [0.4, 0.5) is 0 Å². The summed E-state index contributed by atoms with van der Waals surface area (Å²) >= 11 is 0. The Balaban J connectivity index is 1.19. The number of likely N-dealkylation sites (tertiary alicyclic amines) is 1. The minimum absolute atomic E-state index is 0.00656. The van der Waals surface area contributed by atoms with Crippen LogP contribution in [-0.4, -0.2) is 58.5 Å². The van der Waals surface area contributed by atoms with Crippen molar-refractivity contribution in [3.05, 3.63) is 0 Å². The van der Waals surface area contributed by atoms with E-state index in [1.54, 1.807) is 0 Å². The number of ether oxygens (including phenoxy) is 1. The Hall–Kier alpha value is -0.650. The van der Waals surface area contributed by atoms with Gasteiger partial charge in [0.15, 0.2) is 0 Å². The monoisotopic (exact) mass is 513 g/mol. The van der Waals surface area contributed by atoms with Gasteiger partial charge in [0.05, 0.1) is 24.4 Å². The third kappa shape index (κ3) is 2.90. The van der Waals surface area contributed by atoms with E-state index in [9.17, 15) is 15.0 Å². The van der Waals surface area contributed by atoms with Gasteiger partial charge in [-0.25, -0.2) is 0 Å². The second kappa shape index (κ2) is 7.75. The molecule has 0 aromatic rings. The Morgan fingerprint density at radius 1 is 0.973 bits per heavy atom. The number of aliphatic hydroxyl groups excluding tert-OH is 2. The first-order valence-electron chi connectivity index (χ1n) is 15.7. The Labute approximate surface area is 224 Å². The van der Waals surface area contributed by atoms with Gasteiger partial charge in [0, 0.05) is 24.9 Å². The molecule has 2 saturated heterocycles. The number of amides is 1. The zero-order chi connectivity index (χ0) is 26.2. The molecule has 7 fully saturated rings. The number of fused-ring (bicyclic) bond motifs is 4. The standard InChI is InChI=1S/C32H51NO4/c1-19-16-20(17-33-15-7-6-8-24(33)35)37-26-25(19)29(4)13-14-32-18-31(32)12-11-23(34)28(2,3)21(31)9-10-22(32)30(29,5)27(26)36/h19-23,25-27,34,36H,6-18H2,1-5H3. The second-order valence-corrected chi connectivity index (χ2v) is 16.0. The lowest BCUT2D eigenvalue weighted by Crippen LogP contribution is -2.59. The Kier molecular flexibility index (Phi) is 5.31. The van der Waals surface area contributed by atoms with Crippen molar-refractivity contribution in [1.29, 1.82) is 0 Å². The number of aliphatic hydroxyl groups is 2. The average Bonchev–Trinajstić information content (AvgIpc) is 3.48. The van der Waals surface area contributed by atoms with E-state index in [4.69, 9.17) is 4.74 Å². The van der Waals surface area contributed by atoms with Crippen LogP contribution in [0.15, 0.2) is 0 Å². The van der Waals surface area contributed by atoms with E-state index >= 15 is 0 Å². The van der Waals surface area contributed by atoms with Crippen LogP contribution >= 0.6 is 0 Å². The van der Waals surface area contributed by atoms with Crippen molar-refractivity contribution in [2.75, 3.05) is 13.1 Å². The minimum atomic E-state index is -0.441. The fourth-order valence-corrected chi connectivity index (χ4v) is 12.8. The lowest BCUT2D eigenvalue weighted by atomic mass is 9.41. The summed E-state index contributed by atoms with van der Waals surface area (Å²) in [7, 11) is 0. The van der Waals surface area contributed by atoms with Crippen molar-refractivity contribution in [3.8, 4) is 0 Å². The molecule has 7 rings (SSSR count). The van der Waals surface area contributed by atoms with Crippen LogP contribution in [0, 0.1) is 50.7 Å². The zero-order valence-corrected chi connectivity index (χ0v) is 24.0. The molecule has 2 aliphatic heterocycles. The van der Waals surface area contributed by atoms with E-state index in [1.807, 2.05) is 4.90 Å². The van der Waals surface area contributed by atoms with Crippen molar-refractivity contribution in [2.24, 2.45) is 50.7 Å². The van der Waals surface area contributed by atoms with Crippen molar-refractivity contribution in [2.45, 2.75) is 130 Å². The number of rotatable bonds is 2. The molecule has 37 heavy (non-hydrogen) atoms. The van der Waals surface area contributed by atoms with Gasteiger partial charge in [-0.05, 0) is 110 Å². The first-order valence-corrected chi connectivity index (χ1v) is 15.7. The molecular formula is C32H51NO4. The predicted octanol–water partition coefficient (Wildman–Crippen LogP) is 5.17. The number of nitrogens with zero attached hydrogens (tertiary/aromatic N) is 1. The topological polar surface area (TPSA) is 70.0 Å². The highest BCUT2D eigenvalue weighted by molar-refractivity contribution is 5.76. The van der Waals surface area contributed by atoms with Gasteiger partial charge < -0.3 is 19.8 Å². The third-order valence-corrected chi connectivity index (χ3v) is 14.7. The first kappa shape index (κ1) is 25.3. The summed E-state index contributed by atoms with van der Waals surface area (Å²) in [6, 6.07) is 0. The molecule has 12 atom stereocenters. The highest BCUT2D eigenvalue weighted by Gasteiger charge is 2.84. The summed E-state index contributed by atoms with van der Waals surface area (Å²) in [5, 5.41) is 23.2. The number of carbonyl (C=O) groups excluding carboxylic acids is 1.